The van der Waals surface area contributed by atoms with Crippen molar-refractivity contribution in [1.29, 1.82) is 0 Å². The summed E-state index contributed by atoms with van der Waals surface area (Å²) in [6.45, 7) is 13.1. The summed E-state index contributed by atoms with van der Waals surface area (Å²) in [5.41, 5.74) is 5.63. The van der Waals surface area contributed by atoms with Gasteiger partial charge in [0.25, 0.3) is 5.91 Å². The molecule has 2 aliphatic carbocycles. The largest absolute Gasteiger partial charge is 0.484 e. The molecule has 0 fully saturated rings. The number of amides is 1. The van der Waals surface area contributed by atoms with E-state index in [1.54, 1.807) is 18.2 Å². The molecule has 1 aliphatic heterocycles. The topological polar surface area (TPSA) is 75.7 Å². The summed E-state index contributed by atoms with van der Waals surface area (Å²) in [4.78, 5) is 42.5. The van der Waals surface area contributed by atoms with Gasteiger partial charge in [-0.2, -0.15) is 0 Å². The Morgan fingerprint density at radius 1 is 0.951 bits per heavy atom. The van der Waals surface area contributed by atoms with Crippen LogP contribution in [0.1, 0.15) is 77.3 Å². The molecule has 0 atom stereocenters. The summed E-state index contributed by atoms with van der Waals surface area (Å²) < 4.78 is 5.90. The van der Waals surface area contributed by atoms with E-state index in [1.807, 2.05) is 31.2 Å². The van der Waals surface area contributed by atoms with Crippen LogP contribution < -0.4 is 10.1 Å². The molecule has 216 valence electrons. The van der Waals surface area contributed by atoms with E-state index in [0.29, 0.717) is 35.8 Å². The highest BCUT2D eigenvalue weighted by Crippen LogP contribution is 2.54. The van der Waals surface area contributed by atoms with Gasteiger partial charge < -0.3 is 15.0 Å². The van der Waals surface area contributed by atoms with Crippen molar-refractivity contribution in [2.24, 2.45) is 10.8 Å². The predicted molar refractivity (Wildman–Crippen MR) is 162 cm³/mol. The molecule has 0 spiro atoms. The zero-order valence-electron chi connectivity index (χ0n) is 24.8. The summed E-state index contributed by atoms with van der Waals surface area (Å²) in [5, 5.41) is 3.39. The quantitative estimate of drug-likeness (QED) is 0.390. The van der Waals surface area contributed by atoms with Crippen molar-refractivity contribution in [3.63, 3.8) is 0 Å². The van der Waals surface area contributed by atoms with Crippen molar-refractivity contribution in [2.75, 3.05) is 18.5 Å². The SMILES string of the molecule is CCN1C2=C(C(=O)CC(C)(C)C2)C(c2cccc(OCC(=O)Nc3ccc(C)c(Cl)c3)c2)C2=C1CC(C)(C)CC2=O. The molecule has 0 aromatic heterocycles. The van der Waals surface area contributed by atoms with Gasteiger partial charge in [0.15, 0.2) is 18.2 Å². The molecule has 41 heavy (non-hydrogen) atoms. The molecule has 0 saturated carbocycles. The van der Waals surface area contributed by atoms with Crippen molar-refractivity contribution in [3.8, 4) is 5.75 Å². The molecule has 2 aromatic carbocycles. The first-order valence-corrected chi connectivity index (χ1v) is 14.8. The smallest absolute Gasteiger partial charge is 0.262 e. The maximum atomic E-state index is 13.8. The Kier molecular flexibility index (Phi) is 7.66. The van der Waals surface area contributed by atoms with Crippen molar-refractivity contribution in [1.82, 2.24) is 4.90 Å². The van der Waals surface area contributed by atoms with Gasteiger partial charge in [0.2, 0.25) is 0 Å². The molecule has 7 heteroatoms. The van der Waals surface area contributed by atoms with E-state index < -0.39 is 5.92 Å². The number of hydrogen-bond acceptors (Lipinski definition) is 5. The van der Waals surface area contributed by atoms with Gasteiger partial charge >= 0.3 is 0 Å². The van der Waals surface area contributed by atoms with Gasteiger partial charge in [-0.25, -0.2) is 0 Å². The lowest BCUT2D eigenvalue weighted by Gasteiger charge is -2.48. The molecule has 1 N–H and O–H groups in total. The number of anilines is 1. The summed E-state index contributed by atoms with van der Waals surface area (Å²) >= 11 is 6.19. The number of benzene rings is 2. The Morgan fingerprint density at radius 3 is 2.12 bits per heavy atom. The molecular formula is C34H39ClN2O4. The molecule has 0 radical (unpaired) electrons. The first kappa shape index (κ1) is 29.1. The van der Waals surface area contributed by atoms with Crippen molar-refractivity contribution in [2.45, 2.75) is 73.1 Å². The number of rotatable bonds is 6. The Bertz CT molecular complexity index is 1450. The number of nitrogens with zero attached hydrogens (tertiary/aromatic N) is 1. The third kappa shape index (κ3) is 5.85. The molecule has 2 aromatic rings. The van der Waals surface area contributed by atoms with Gasteiger partial charge in [0, 0.05) is 58.6 Å². The highest BCUT2D eigenvalue weighted by Gasteiger charge is 2.48. The van der Waals surface area contributed by atoms with E-state index >= 15 is 0 Å². The first-order chi connectivity index (χ1) is 19.3. The number of nitrogens with one attached hydrogen (secondary N) is 1. The molecule has 0 saturated heterocycles. The van der Waals surface area contributed by atoms with Crippen LogP contribution in [0.4, 0.5) is 5.69 Å². The lowest BCUT2D eigenvalue weighted by molar-refractivity contribution is -0.120. The van der Waals surface area contributed by atoms with Gasteiger partial charge in [-0.3, -0.25) is 14.4 Å². The number of carbonyl (C=O) groups excluding carboxylic acids is 3. The summed E-state index contributed by atoms with van der Waals surface area (Å²) in [5.74, 6) is -0.0373. The fraction of sp³-hybridized carbons (Fsp3) is 0.441. The third-order valence-corrected chi connectivity index (χ3v) is 8.76. The lowest BCUT2D eigenvalue weighted by atomic mass is 9.63. The van der Waals surface area contributed by atoms with Crippen LogP contribution in [0, 0.1) is 17.8 Å². The van der Waals surface area contributed by atoms with Crippen LogP contribution in [0.25, 0.3) is 0 Å². The second-order valence-electron chi connectivity index (χ2n) is 13.2. The van der Waals surface area contributed by atoms with Gasteiger partial charge in [-0.15, -0.1) is 0 Å². The van der Waals surface area contributed by atoms with Crippen molar-refractivity contribution in [3.05, 3.63) is 81.2 Å². The minimum Gasteiger partial charge on any atom is -0.484 e. The fourth-order valence-electron chi connectivity index (χ4n) is 6.56. The molecule has 1 heterocycles. The summed E-state index contributed by atoms with van der Waals surface area (Å²) in [6.07, 6.45) is 2.45. The van der Waals surface area contributed by atoms with Gasteiger partial charge in [-0.1, -0.05) is 57.5 Å². The average Bonchev–Trinajstić information content (AvgIpc) is 2.87. The van der Waals surface area contributed by atoms with E-state index in [0.717, 1.165) is 46.5 Å². The number of carbonyl (C=O) groups is 3. The van der Waals surface area contributed by atoms with Crippen LogP contribution in [0.15, 0.2) is 65.0 Å². The number of halogens is 1. The van der Waals surface area contributed by atoms with E-state index in [9.17, 15) is 14.4 Å². The Morgan fingerprint density at radius 2 is 1.56 bits per heavy atom. The average molecular weight is 575 g/mol. The summed E-state index contributed by atoms with van der Waals surface area (Å²) in [6, 6.07) is 12.8. The van der Waals surface area contributed by atoms with Crippen molar-refractivity contribution < 1.29 is 19.1 Å². The normalized spacial score (nSPS) is 20.1. The predicted octanol–water partition coefficient (Wildman–Crippen LogP) is 7.37. The standard InChI is InChI=1S/C34H39ClN2O4/c1-7-37-25-15-33(3,4)17-27(38)31(25)30(32-26(37)16-34(5,6)18-28(32)39)21-9-8-10-23(13-21)41-19-29(40)36-22-12-11-20(2)24(35)14-22/h8-14,30H,7,15-19H2,1-6H3,(H,36,40). The number of ether oxygens (including phenoxy) is 1. The summed E-state index contributed by atoms with van der Waals surface area (Å²) in [7, 11) is 0. The molecule has 0 unspecified atom stereocenters. The number of hydrogen-bond donors (Lipinski definition) is 1. The second kappa shape index (κ2) is 10.8. The van der Waals surface area contributed by atoms with E-state index in [-0.39, 0.29) is 34.9 Å². The monoisotopic (exact) mass is 574 g/mol. The molecule has 6 nitrogen and oxygen atoms in total. The van der Waals surface area contributed by atoms with Gasteiger partial charge in [0.1, 0.15) is 5.75 Å². The lowest BCUT2D eigenvalue weighted by Crippen LogP contribution is -2.44. The fourth-order valence-corrected chi connectivity index (χ4v) is 6.74. The minimum atomic E-state index is -0.443. The maximum absolute atomic E-state index is 13.8. The number of Topliss-reactive ketones (excluding diaryl/α,β-unsaturated/α-hetero) is 2. The molecule has 5 rings (SSSR count). The highest BCUT2D eigenvalue weighted by atomic mass is 35.5. The molecular weight excluding hydrogens is 536 g/mol. The van der Waals surface area contributed by atoms with E-state index in [4.69, 9.17) is 16.3 Å². The molecule has 3 aliphatic rings. The van der Waals surface area contributed by atoms with Gasteiger partial charge in [-0.05, 0) is 72.9 Å². The van der Waals surface area contributed by atoms with E-state index in [1.165, 1.54) is 0 Å². The third-order valence-electron chi connectivity index (χ3n) is 8.35. The molecule has 0 bridgehead atoms. The number of allylic oxidation sites excluding steroid dienone is 4. The van der Waals surface area contributed by atoms with Crippen LogP contribution in [-0.4, -0.2) is 35.5 Å². The van der Waals surface area contributed by atoms with E-state index in [2.05, 4.69) is 44.8 Å². The zero-order chi connectivity index (χ0) is 29.7. The Labute approximate surface area is 247 Å². The zero-order valence-corrected chi connectivity index (χ0v) is 25.6. The highest BCUT2D eigenvalue weighted by molar-refractivity contribution is 6.31. The maximum Gasteiger partial charge on any atom is 0.262 e. The first-order valence-electron chi connectivity index (χ1n) is 14.4. The number of ketones is 2. The van der Waals surface area contributed by atoms with Crippen LogP contribution >= 0.6 is 11.6 Å². The van der Waals surface area contributed by atoms with Crippen LogP contribution in [-0.2, 0) is 14.4 Å². The van der Waals surface area contributed by atoms with Crippen LogP contribution in [0.3, 0.4) is 0 Å². The number of aryl methyl sites for hydroxylation is 1. The van der Waals surface area contributed by atoms with Crippen LogP contribution in [0.5, 0.6) is 5.75 Å². The van der Waals surface area contributed by atoms with Crippen molar-refractivity contribution >= 4 is 34.8 Å². The Hall–Kier alpha value is -3.38. The molecule has 1 amide bonds. The van der Waals surface area contributed by atoms with Gasteiger partial charge in [0.05, 0.1) is 0 Å². The Balaban J connectivity index is 1.48. The minimum absolute atomic E-state index is 0.103. The van der Waals surface area contributed by atoms with Crippen LogP contribution in [0.2, 0.25) is 5.02 Å². The second-order valence-corrected chi connectivity index (χ2v) is 13.6.